The predicted octanol–water partition coefficient (Wildman–Crippen LogP) is 3.60. The normalized spacial score (nSPS) is 10.1. The van der Waals surface area contributed by atoms with Gasteiger partial charge in [-0.05, 0) is 29.8 Å². The number of rotatable bonds is 2. The van der Waals surface area contributed by atoms with Gasteiger partial charge in [0.2, 0.25) is 0 Å². The van der Waals surface area contributed by atoms with E-state index in [1.165, 1.54) is 0 Å². The van der Waals surface area contributed by atoms with Crippen molar-refractivity contribution < 1.29 is 4.74 Å². The molecule has 0 amide bonds. The molecule has 0 saturated carbocycles. The summed E-state index contributed by atoms with van der Waals surface area (Å²) in [6.07, 6.45) is 0. The molecule has 0 heterocycles. The Kier molecular flexibility index (Phi) is 3.02. The van der Waals surface area contributed by atoms with Crippen LogP contribution < -0.4 is 10.5 Å². The first-order chi connectivity index (χ1) is 7.70. The van der Waals surface area contributed by atoms with E-state index in [-0.39, 0.29) is 0 Å². The number of hydrogen-bond donors (Lipinski definition) is 1. The molecule has 82 valence electrons. The van der Waals surface area contributed by atoms with Crippen LogP contribution in [-0.4, -0.2) is 7.11 Å². The van der Waals surface area contributed by atoms with Crippen LogP contribution >= 0.6 is 11.6 Å². The maximum atomic E-state index is 5.96. The van der Waals surface area contributed by atoms with Crippen LogP contribution in [0.15, 0.2) is 42.5 Å². The van der Waals surface area contributed by atoms with E-state index in [0.29, 0.717) is 10.7 Å². The van der Waals surface area contributed by atoms with Gasteiger partial charge in [0, 0.05) is 22.3 Å². The van der Waals surface area contributed by atoms with E-state index < -0.39 is 0 Å². The number of benzene rings is 2. The summed E-state index contributed by atoms with van der Waals surface area (Å²) >= 11 is 5.94. The number of nitrogens with two attached hydrogens (primary N) is 1. The van der Waals surface area contributed by atoms with Crippen molar-refractivity contribution >= 4 is 17.3 Å². The summed E-state index contributed by atoms with van der Waals surface area (Å²) in [6.45, 7) is 0. The highest BCUT2D eigenvalue weighted by atomic mass is 35.5. The molecule has 2 nitrogen and oxygen atoms in total. The van der Waals surface area contributed by atoms with Crippen molar-refractivity contribution in [2.75, 3.05) is 12.8 Å². The number of methoxy groups -OCH3 is 1. The second kappa shape index (κ2) is 4.45. The Balaban J connectivity index is 2.48. The van der Waals surface area contributed by atoms with Gasteiger partial charge in [-0.25, -0.2) is 0 Å². The third-order valence-corrected chi connectivity index (χ3v) is 2.63. The topological polar surface area (TPSA) is 35.2 Å². The van der Waals surface area contributed by atoms with Crippen LogP contribution in [0, 0.1) is 0 Å². The van der Waals surface area contributed by atoms with E-state index in [2.05, 4.69) is 0 Å². The third-order valence-electron chi connectivity index (χ3n) is 2.39. The van der Waals surface area contributed by atoms with Crippen molar-refractivity contribution in [2.45, 2.75) is 0 Å². The fraction of sp³-hybridized carbons (Fsp3) is 0.0769. The van der Waals surface area contributed by atoms with E-state index >= 15 is 0 Å². The molecule has 2 rings (SSSR count). The minimum Gasteiger partial charge on any atom is -0.497 e. The van der Waals surface area contributed by atoms with E-state index in [9.17, 15) is 0 Å². The zero-order valence-electron chi connectivity index (χ0n) is 8.91. The Morgan fingerprint density at radius 3 is 2.56 bits per heavy atom. The molecule has 0 aliphatic rings. The monoisotopic (exact) mass is 233 g/mol. The van der Waals surface area contributed by atoms with Gasteiger partial charge in [-0.3, -0.25) is 0 Å². The predicted molar refractivity (Wildman–Crippen MR) is 67.9 cm³/mol. The first kappa shape index (κ1) is 10.8. The molecule has 0 fully saturated rings. The Bertz CT molecular complexity index is 511. The minimum absolute atomic E-state index is 0.682. The standard InChI is InChI=1S/C13H12ClNO/c1-16-11-5-6-12(13(15)8-11)9-3-2-4-10(14)7-9/h2-8H,15H2,1H3. The number of ether oxygens (including phenoxy) is 1. The van der Waals surface area contributed by atoms with Crippen molar-refractivity contribution in [3.05, 3.63) is 47.5 Å². The van der Waals surface area contributed by atoms with Crippen LogP contribution in [0.3, 0.4) is 0 Å². The quantitative estimate of drug-likeness (QED) is 0.805. The molecule has 0 atom stereocenters. The van der Waals surface area contributed by atoms with E-state index in [4.69, 9.17) is 22.1 Å². The average molecular weight is 234 g/mol. The Labute approximate surface area is 99.6 Å². The van der Waals surface area contributed by atoms with Crippen LogP contribution in [0.1, 0.15) is 0 Å². The summed E-state index contributed by atoms with van der Waals surface area (Å²) in [6, 6.07) is 13.2. The average Bonchev–Trinajstić information content (AvgIpc) is 2.28. The van der Waals surface area contributed by atoms with Gasteiger partial charge < -0.3 is 10.5 Å². The molecule has 0 spiro atoms. The Morgan fingerprint density at radius 2 is 1.94 bits per heavy atom. The molecule has 2 aromatic rings. The number of halogens is 1. The SMILES string of the molecule is COc1ccc(-c2cccc(Cl)c2)c(N)c1. The smallest absolute Gasteiger partial charge is 0.120 e. The van der Waals surface area contributed by atoms with Crippen LogP contribution in [0.4, 0.5) is 5.69 Å². The zero-order chi connectivity index (χ0) is 11.5. The van der Waals surface area contributed by atoms with Gasteiger partial charge >= 0.3 is 0 Å². The van der Waals surface area contributed by atoms with Gasteiger partial charge in [-0.1, -0.05) is 23.7 Å². The van der Waals surface area contributed by atoms with Crippen molar-refractivity contribution in [2.24, 2.45) is 0 Å². The second-order valence-corrected chi connectivity index (χ2v) is 3.90. The van der Waals surface area contributed by atoms with Crippen molar-refractivity contribution in [1.82, 2.24) is 0 Å². The molecule has 2 aromatic carbocycles. The summed E-state index contributed by atoms with van der Waals surface area (Å²) in [7, 11) is 1.62. The number of anilines is 1. The molecule has 0 bridgehead atoms. The van der Waals surface area contributed by atoms with Crippen LogP contribution in [0.2, 0.25) is 5.02 Å². The summed E-state index contributed by atoms with van der Waals surface area (Å²) < 4.78 is 5.10. The number of hydrogen-bond acceptors (Lipinski definition) is 2. The maximum absolute atomic E-state index is 5.96. The van der Waals surface area contributed by atoms with Crippen LogP contribution in [0.5, 0.6) is 5.75 Å². The highest BCUT2D eigenvalue weighted by Gasteiger charge is 2.04. The molecule has 16 heavy (non-hydrogen) atoms. The lowest BCUT2D eigenvalue weighted by Crippen LogP contribution is -1.91. The lowest BCUT2D eigenvalue weighted by molar-refractivity contribution is 0.415. The van der Waals surface area contributed by atoms with Crippen molar-refractivity contribution in [1.29, 1.82) is 0 Å². The molecule has 2 N–H and O–H groups in total. The van der Waals surface area contributed by atoms with Gasteiger partial charge in [0.15, 0.2) is 0 Å². The largest absolute Gasteiger partial charge is 0.497 e. The molecular formula is C13H12ClNO. The first-order valence-corrected chi connectivity index (χ1v) is 5.28. The number of nitrogen functional groups attached to an aromatic ring is 1. The van der Waals surface area contributed by atoms with Crippen molar-refractivity contribution in [3.63, 3.8) is 0 Å². The second-order valence-electron chi connectivity index (χ2n) is 3.46. The molecule has 0 radical (unpaired) electrons. The highest BCUT2D eigenvalue weighted by molar-refractivity contribution is 6.30. The molecule has 0 saturated heterocycles. The van der Waals surface area contributed by atoms with E-state index in [1.54, 1.807) is 13.2 Å². The van der Waals surface area contributed by atoms with Crippen LogP contribution in [-0.2, 0) is 0 Å². The highest BCUT2D eigenvalue weighted by Crippen LogP contribution is 2.30. The summed E-state index contributed by atoms with van der Waals surface area (Å²) in [5.41, 5.74) is 8.61. The van der Waals surface area contributed by atoms with Crippen molar-refractivity contribution in [3.8, 4) is 16.9 Å². The molecule has 0 unspecified atom stereocenters. The molecule has 3 heteroatoms. The van der Waals surface area contributed by atoms with Gasteiger partial charge in [0.05, 0.1) is 7.11 Å². The zero-order valence-corrected chi connectivity index (χ0v) is 9.66. The summed E-state index contributed by atoms with van der Waals surface area (Å²) in [5, 5.41) is 0.702. The van der Waals surface area contributed by atoms with Gasteiger partial charge in [-0.15, -0.1) is 0 Å². The maximum Gasteiger partial charge on any atom is 0.120 e. The molecule has 0 aromatic heterocycles. The van der Waals surface area contributed by atoms with Crippen LogP contribution in [0.25, 0.3) is 11.1 Å². The van der Waals surface area contributed by atoms with Gasteiger partial charge in [0.25, 0.3) is 0 Å². The molecule has 0 aliphatic heterocycles. The fourth-order valence-electron chi connectivity index (χ4n) is 1.59. The minimum atomic E-state index is 0.682. The Morgan fingerprint density at radius 1 is 1.12 bits per heavy atom. The third kappa shape index (κ3) is 2.12. The molecule has 0 aliphatic carbocycles. The van der Waals surface area contributed by atoms with E-state index in [1.807, 2.05) is 36.4 Å². The lowest BCUT2D eigenvalue weighted by atomic mass is 10.0. The first-order valence-electron chi connectivity index (χ1n) is 4.90. The summed E-state index contributed by atoms with van der Waals surface area (Å²) in [4.78, 5) is 0. The van der Waals surface area contributed by atoms with Gasteiger partial charge in [-0.2, -0.15) is 0 Å². The fourth-order valence-corrected chi connectivity index (χ4v) is 1.78. The summed E-state index contributed by atoms with van der Waals surface area (Å²) in [5.74, 6) is 0.753. The Hall–Kier alpha value is -1.67. The lowest BCUT2D eigenvalue weighted by Gasteiger charge is -2.08. The van der Waals surface area contributed by atoms with E-state index in [0.717, 1.165) is 16.9 Å². The molecular weight excluding hydrogens is 222 g/mol. The van der Waals surface area contributed by atoms with Gasteiger partial charge in [0.1, 0.15) is 5.75 Å².